The molecule has 1 aromatic carbocycles. The second-order valence-corrected chi connectivity index (χ2v) is 10.8. The van der Waals surface area contributed by atoms with Crippen molar-refractivity contribution in [1.82, 2.24) is 15.2 Å². The van der Waals surface area contributed by atoms with Crippen LogP contribution in [-0.4, -0.2) is 51.3 Å². The number of aliphatic hydroxyl groups is 1. The SMILES string of the molecule is CC(=O)CC(C(=O)N1CC(O)CC1C(=O)NCc1ccc(-c2scnc2C)cc1)C(C)(C)C. The molecular weight excluding hydrogens is 438 g/mol. The van der Waals surface area contributed by atoms with E-state index in [0.29, 0.717) is 6.54 Å². The average molecular weight is 472 g/mol. The molecule has 178 valence electrons. The summed E-state index contributed by atoms with van der Waals surface area (Å²) in [6, 6.07) is 7.19. The molecule has 8 heteroatoms. The number of nitrogens with zero attached hydrogens (tertiary/aromatic N) is 2. The number of carbonyl (C=O) groups excluding carboxylic acids is 3. The van der Waals surface area contributed by atoms with Crippen molar-refractivity contribution < 1.29 is 19.5 Å². The smallest absolute Gasteiger partial charge is 0.243 e. The van der Waals surface area contributed by atoms with Crippen LogP contribution in [0.4, 0.5) is 0 Å². The van der Waals surface area contributed by atoms with Gasteiger partial charge < -0.3 is 20.1 Å². The summed E-state index contributed by atoms with van der Waals surface area (Å²) in [6.07, 6.45) is -0.447. The molecule has 2 aromatic rings. The molecule has 2 amide bonds. The summed E-state index contributed by atoms with van der Waals surface area (Å²) in [4.78, 5) is 44.9. The first-order valence-electron chi connectivity index (χ1n) is 11.2. The second-order valence-electron chi connectivity index (χ2n) is 9.90. The molecule has 0 radical (unpaired) electrons. The first-order valence-corrected chi connectivity index (χ1v) is 12.1. The van der Waals surface area contributed by atoms with E-state index in [2.05, 4.69) is 10.3 Å². The van der Waals surface area contributed by atoms with Crippen molar-refractivity contribution in [2.45, 2.75) is 66.2 Å². The van der Waals surface area contributed by atoms with E-state index in [1.807, 2.05) is 57.5 Å². The normalized spacial score (nSPS) is 19.4. The van der Waals surface area contributed by atoms with Crippen molar-refractivity contribution in [3.8, 4) is 10.4 Å². The Kier molecular flexibility index (Phi) is 7.69. The number of aryl methyl sites for hydroxylation is 1. The number of amides is 2. The standard InChI is InChI=1S/C25H33N3O4S/c1-15(29)10-20(25(3,4)5)24(32)28-13-19(30)11-21(28)23(31)26-12-17-6-8-18(9-7-17)22-16(2)27-14-33-22/h6-9,14,19-21,30H,10-13H2,1-5H3,(H,26,31). The van der Waals surface area contributed by atoms with Crippen LogP contribution in [0, 0.1) is 18.3 Å². The molecule has 0 saturated carbocycles. The third-order valence-corrected chi connectivity index (χ3v) is 7.11. The zero-order chi connectivity index (χ0) is 24.3. The molecule has 0 bridgehead atoms. The molecule has 33 heavy (non-hydrogen) atoms. The van der Waals surface area contributed by atoms with Crippen LogP contribution < -0.4 is 5.32 Å². The van der Waals surface area contributed by atoms with Gasteiger partial charge in [-0.2, -0.15) is 0 Å². The Morgan fingerprint density at radius 2 is 1.91 bits per heavy atom. The lowest BCUT2D eigenvalue weighted by Gasteiger charge is -2.34. The molecule has 3 unspecified atom stereocenters. The summed E-state index contributed by atoms with van der Waals surface area (Å²) in [5.41, 5.74) is 4.40. The fourth-order valence-electron chi connectivity index (χ4n) is 4.22. The number of nitrogens with one attached hydrogen (secondary N) is 1. The molecule has 3 atom stereocenters. The van der Waals surface area contributed by atoms with Crippen molar-refractivity contribution in [2.75, 3.05) is 6.54 Å². The van der Waals surface area contributed by atoms with Crippen LogP contribution in [0.1, 0.15) is 51.8 Å². The Labute approximate surface area is 199 Å². The minimum atomic E-state index is -0.760. The van der Waals surface area contributed by atoms with Gasteiger partial charge in [0, 0.05) is 31.8 Å². The minimum Gasteiger partial charge on any atom is -0.391 e. The number of carbonyl (C=O) groups is 3. The van der Waals surface area contributed by atoms with Crippen molar-refractivity contribution >= 4 is 28.9 Å². The molecule has 2 heterocycles. The number of hydrogen-bond acceptors (Lipinski definition) is 6. The van der Waals surface area contributed by atoms with Gasteiger partial charge in [0.2, 0.25) is 11.8 Å². The first kappa shape index (κ1) is 25.1. The van der Waals surface area contributed by atoms with Crippen LogP contribution in [0.5, 0.6) is 0 Å². The topological polar surface area (TPSA) is 99.6 Å². The quantitative estimate of drug-likeness (QED) is 0.645. The fourth-order valence-corrected chi connectivity index (χ4v) is 5.03. The van der Waals surface area contributed by atoms with Gasteiger partial charge in [-0.15, -0.1) is 11.3 Å². The molecule has 7 nitrogen and oxygen atoms in total. The van der Waals surface area contributed by atoms with Crippen LogP contribution in [-0.2, 0) is 20.9 Å². The highest BCUT2D eigenvalue weighted by Crippen LogP contribution is 2.33. The van der Waals surface area contributed by atoms with Crippen LogP contribution in [0.2, 0.25) is 0 Å². The summed E-state index contributed by atoms with van der Waals surface area (Å²) in [5.74, 6) is -1.16. The van der Waals surface area contributed by atoms with E-state index in [1.54, 1.807) is 11.3 Å². The van der Waals surface area contributed by atoms with Crippen LogP contribution in [0.25, 0.3) is 10.4 Å². The number of likely N-dealkylation sites (tertiary alicyclic amines) is 1. The number of β-amino-alcohol motifs (C(OH)–C–C–N with tert-alkyl or cyclic N) is 1. The molecule has 0 spiro atoms. The number of hydrogen-bond donors (Lipinski definition) is 2. The Balaban J connectivity index is 1.67. The molecule has 1 aliphatic heterocycles. The number of Topliss-reactive ketones (excluding diaryl/α,β-unsaturated/α-hetero) is 1. The predicted octanol–water partition coefficient (Wildman–Crippen LogP) is 3.34. The Morgan fingerprint density at radius 1 is 1.24 bits per heavy atom. The molecule has 0 aliphatic carbocycles. The Bertz CT molecular complexity index is 1010. The van der Waals surface area contributed by atoms with E-state index in [-0.39, 0.29) is 37.0 Å². The summed E-state index contributed by atoms with van der Waals surface area (Å²) in [6.45, 7) is 9.61. The van der Waals surface area contributed by atoms with Crippen LogP contribution in [0.15, 0.2) is 29.8 Å². The minimum absolute atomic E-state index is 0.0685. The fraction of sp³-hybridized carbons (Fsp3) is 0.520. The lowest BCUT2D eigenvalue weighted by atomic mass is 9.77. The highest BCUT2D eigenvalue weighted by atomic mass is 32.1. The van der Waals surface area contributed by atoms with Gasteiger partial charge in [-0.1, -0.05) is 45.0 Å². The molecule has 1 fully saturated rings. The van der Waals surface area contributed by atoms with E-state index >= 15 is 0 Å². The first-order chi connectivity index (χ1) is 15.5. The van der Waals surface area contributed by atoms with E-state index < -0.39 is 23.5 Å². The number of aliphatic hydroxyl groups excluding tert-OH is 1. The van der Waals surface area contributed by atoms with Crippen molar-refractivity contribution in [3.63, 3.8) is 0 Å². The molecule has 1 aliphatic rings. The lowest BCUT2D eigenvalue weighted by molar-refractivity contribution is -0.146. The van der Waals surface area contributed by atoms with E-state index in [0.717, 1.165) is 21.7 Å². The highest BCUT2D eigenvalue weighted by molar-refractivity contribution is 7.13. The van der Waals surface area contributed by atoms with Gasteiger partial charge in [-0.25, -0.2) is 4.98 Å². The van der Waals surface area contributed by atoms with Gasteiger partial charge >= 0.3 is 0 Å². The molecule has 3 rings (SSSR count). The van der Waals surface area contributed by atoms with E-state index in [9.17, 15) is 19.5 Å². The second kappa shape index (κ2) is 10.1. The lowest BCUT2D eigenvalue weighted by Crippen LogP contribution is -2.50. The van der Waals surface area contributed by atoms with Gasteiger partial charge in [-0.3, -0.25) is 9.59 Å². The Morgan fingerprint density at radius 3 is 2.45 bits per heavy atom. The van der Waals surface area contributed by atoms with E-state index in [4.69, 9.17) is 0 Å². The summed E-state index contributed by atoms with van der Waals surface area (Å²) in [7, 11) is 0. The van der Waals surface area contributed by atoms with Crippen LogP contribution >= 0.6 is 11.3 Å². The zero-order valence-electron chi connectivity index (χ0n) is 19.9. The number of benzene rings is 1. The maximum absolute atomic E-state index is 13.3. The van der Waals surface area contributed by atoms with Gasteiger partial charge in [0.05, 0.1) is 22.2 Å². The highest BCUT2D eigenvalue weighted by Gasteiger charge is 2.44. The van der Waals surface area contributed by atoms with Crippen molar-refractivity contribution in [1.29, 1.82) is 0 Å². The monoisotopic (exact) mass is 471 g/mol. The summed E-state index contributed by atoms with van der Waals surface area (Å²) < 4.78 is 0. The number of aromatic nitrogens is 1. The van der Waals surface area contributed by atoms with Gasteiger partial charge in [0.25, 0.3) is 0 Å². The maximum atomic E-state index is 13.3. The average Bonchev–Trinajstić information content (AvgIpc) is 3.35. The zero-order valence-corrected chi connectivity index (χ0v) is 20.7. The molecule has 2 N–H and O–H groups in total. The van der Waals surface area contributed by atoms with Crippen LogP contribution in [0.3, 0.4) is 0 Å². The van der Waals surface area contributed by atoms with Gasteiger partial charge in [0.15, 0.2) is 0 Å². The summed E-state index contributed by atoms with van der Waals surface area (Å²) >= 11 is 1.59. The Hall–Kier alpha value is -2.58. The number of rotatable bonds is 7. The third-order valence-electron chi connectivity index (χ3n) is 6.13. The van der Waals surface area contributed by atoms with E-state index in [1.165, 1.54) is 11.8 Å². The van der Waals surface area contributed by atoms with Crippen molar-refractivity contribution in [3.05, 3.63) is 41.0 Å². The maximum Gasteiger partial charge on any atom is 0.243 e. The molecular formula is C25H33N3O4S. The predicted molar refractivity (Wildman–Crippen MR) is 129 cm³/mol. The molecule has 1 aromatic heterocycles. The largest absolute Gasteiger partial charge is 0.391 e. The molecule has 1 saturated heterocycles. The third kappa shape index (κ3) is 6.06. The van der Waals surface area contributed by atoms with Crippen molar-refractivity contribution in [2.24, 2.45) is 11.3 Å². The van der Waals surface area contributed by atoms with Gasteiger partial charge in [-0.05, 0) is 30.4 Å². The van der Waals surface area contributed by atoms with Gasteiger partial charge in [0.1, 0.15) is 11.8 Å². The number of thiazole rings is 1. The number of ketones is 1. The summed E-state index contributed by atoms with van der Waals surface area (Å²) in [5, 5.41) is 13.1.